The van der Waals surface area contributed by atoms with Gasteiger partial charge in [0, 0.05) is 49.0 Å². The number of aliphatic hydroxyl groups is 1. The van der Waals surface area contributed by atoms with Crippen molar-refractivity contribution in [1.29, 1.82) is 0 Å². The van der Waals surface area contributed by atoms with E-state index in [2.05, 4.69) is 20.7 Å². The summed E-state index contributed by atoms with van der Waals surface area (Å²) in [4.78, 5) is 67.3. The van der Waals surface area contributed by atoms with Gasteiger partial charge >= 0.3 is 12.0 Å². The molecule has 306 valence electrons. The zero-order chi connectivity index (χ0) is 41.4. The smallest absolute Gasteiger partial charge is 0.321 e. The van der Waals surface area contributed by atoms with Crippen molar-refractivity contribution in [2.45, 2.75) is 78.7 Å². The van der Waals surface area contributed by atoms with Crippen molar-refractivity contribution in [2.24, 2.45) is 17.3 Å². The molecule has 2 aromatic heterocycles. The number of benzene rings is 2. The lowest BCUT2D eigenvalue weighted by molar-refractivity contribution is -0.147. The van der Waals surface area contributed by atoms with Gasteiger partial charge in [-0.05, 0) is 54.7 Å². The molecule has 4 heterocycles. The van der Waals surface area contributed by atoms with E-state index in [-0.39, 0.29) is 44.0 Å². The Labute approximate surface area is 340 Å². The summed E-state index contributed by atoms with van der Waals surface area (Å²) < 4.78 is 5.27. The number of ether oxygens (including phenoxy) is 1. The average molecular weight is 790 g/mol. The molecule has 58 heavy (non-hydrogen) atoms. The normalized spacial score (nSPS) is 18.4. The number of hydrogen-bond donors (Lipinski definition) is 3. The third-order valence-corrected chi connectivity index (χ3v) is 11.1. The van der Waals surface area contributed by atoms with E-state index in [0.29, 0.717) is 26.1 Å². The molecule has 0 saturated carbocycles. The van der Waals surface area contributed by atoms with Crippen LogP contribution >= 0.6 is 0 Å². The van der Waals surface area contributed by atoms with Crippen LogP contribution in [-0.4, -0.2) is 98.1 Å². The van der Waals surface area contributed by atoms with Crippen LogP contribution in [0.2, 0.25) is 0 Å². The maximum absolute atomic E-state index is 14.5. The number of pyridine rings is 2. The Balaban J connectivity index is 1.24. The SMILES string of the molecule is CC[C@H](C)[C@@H](C(=O)N[C@@H](Cc1ccccc1)C(O)CN(Cc1ccc(-c2ccccn2)cc1)NC(=O)[C@H]1C(=O)OCC1(C)C)N1CCN(Cc2cccc(C)n2)C1=O. The number of rotatable bonds is 17. The van der Waals surface area contributed by atoms with Gasteiger partial charge in [-0.3, -0.25) is 29.8 Å². The van der Waals surface area contributed by atoms with Gasteiger partial charge in [0.15, 0.2) is 0 Å². The van der Waals surface area contributed by atoms with Gasteiger partial charge in [0.25, 0.3) is 0 Å². The summed E-state index contributed by atoms with van der Waals surface area (Å²) >= 11 is 0. The summed E-state index contributed by atoms with van der Waals surface area (Å²) in [5.74, 6) is -2.74. The first-order chi connectivity index (χ1) is 27.8. The molecule has 2 aliphatic heterocycles. The number of nitrogens with one attached hydrogen (secondary N) is 2. The highest BCUT2D eigenvalue weighted by molar-refractivity contribution is 5.99. The van der Waals surface area contributed by atoms with Gasteiger partial charge in [0.05, 0.1) is 36.7 Å². The fourth-order valence-corrected chi connectivity index (χ4v) is 7.70. The van der Waals surface area contributed by atoms with Crippen molar-refractivity contribution in [3.63, 3.8) is 0 Å². The topological polar surface area (TPSA) is 157 Å². The van der Waals surface area contributed by atoms with Crippen molar-refractivity contribution in [3.8, 4) is 11.3 Å². The van der Waals surface area contributed by atoms with Crippen LogP contribution in [-0.2, 0) is 38.6 Å². The Morgan fingerprint density at radius 1 is 0.966 bits per heavy atom. The predicted octanol–water partition coefficient (Wildman–Crippen LogP) is 4.93. The summed E-state index contributed by atoms with van der Waals surface area (Å²) in [7, 11) is 0. The van der Waals surface area contributed by atoms with Gasteiger partial charge in [-0.1, -0.05) is 101 Å². The fraction of sp³-hybridized carbons (Fsp3) is 0.422. The Bertz CT molecular complexity index is 2030. The second kappa shape index (κ2) is 18.7. The maximum atomic E-state index is 14.5. The zero-order valence-electron chi connectivity index (χ0n) is 34.0. The first-order valence-corrected chi connectivity index (χ1v) is 20.1. The Kier molecular flexibility index (Phi) is 13.6. The minimum atomic E-state index is -1.20. The van der Waals surface area contributed by atoms with Crippen LogP contribution in [0.15, 0.2) is 97.2 Å². The van der Waals surface area contributed by atoms with Gasteiger partial charge in [0.1, 0.15) is 12.0 Å². The monoisotopic (exact) mass is 789 g/mol. The molecule has 2 aliphatic rings. The van der Waals surface area contributed by atoms with Crippen molar-refractivity contribution in [1.82, 2.24) is 35.5 Å². The van der Waals surface area contributed by atoms with E-state index in [0.717, 1.165) is 33.8 Å². The molecule has 2 saturated heterocycles. The van der Waals surface area contributed by atoms with E-state index in [1.807, 2.05) is 112 Å². The minimum absolute atomic E-state index is 0.0956. The lowest BCUT2D eigenvalue weighted by atomic mass is 9.81. The van der Waals surface area contributed by atoms with Crippen molar-refractivity contribution < 1.29 is 29.0 Å². The highest BCUT2D eigenvalue weighted by Gasteiger charge is 2.49. The Morgan fingerprint density at radius 3 is 2.36 bits per heavy atom. The fourth-order valence-electron chi connectivity index (χ4n) is 7.70. The number of carbonyl (C=O) groups excluding carboxylic acids is 4. The number of nitrogens with zero attached hydrogens (tertiary/aromatic N) is 5. The summed E-state index contributed by atoms with van der Waals surface area (Å²) in [5.41, 5.74) is 7.28. The van der Waals surface area contributed by atoms with Crippen molar-refractivity contribution in [2.75, 3.05) is 26.2 Å². The standard InChI is InChI=1S/C45H55N7O6/c1-6-30(2)40(52-24-23-50(44(52)57)27-35-16-12-13-31(3)47-35)42(55)48-37(25-32-14-8-7-9-15-32)38(53)28-51(49-41(54)39-43(56)58-29-45(39,4)5)26-33-18-20-34(21-19-33)36-17-10-11-22-46-36/h7-22,30,37-40,53H,6,23-29H2,1-5H3,(H,48,55)(H,49,54)/t30-,37-,38?,39-,40-/m0/s1. The summed E-state index contributed by atoms with van der Waals surface area (Å²) in [6.07, 6.45) is 1.46. The number of aromatic nitrogens is 2. The molecular formula is C45H55N7O6. The number of aryl methyl sites for hydroxylation is 1. The molecule has 13 heteroatoms. The maximum Gasteiger partial charge on any atom is 0.321 e. The van der Waals surface area contributed by atoms with Crippen LogP contribution < -0.4 is 10.7 Å². The molecule has 13 nitrogen and oxygen atoms in total. The number of hydrogen-bond acceptors (Lipinski definition) is 9. The summed E-state index contributed by atoms with van der Waals surface area (Å²) in [5, 5.41) is 16.8. The summed E-state index contributed by atoms with van der Waals surface area (Å²) in [6.45, 7) is 10.8. The molecule has 5 atom stereocenters. The van der Waals surface area contributed by atoms with Crippen LogP contribution in [0.3, 0.4) is 0 Å². The summed E-state index contributed by atoms with van der Waals surface area (Å²) in [6, 6.07) is 26.8. The van der Waals surface area contributed by atoms with Crippen LogP contribution in [0, 0.1) is 24.2 Å². The van der Waals surface area contributed by atoms with Crippen molar-refractivity contribution in [3.05, 3.63) is 120 Å². The van der Waals surface area contributed by atoms with E-state index in [1.54, 1.807) is 34.9 Å². The average Bonchev–Trinajstić information content (AvgIpc) is 3.70. The lowest BCUT2D eigenvalue weighted by Crippen LogP contribution is -2.58. The molecule has 0 spiro atoms. The van der Waals surface area contributed by atoms with E-state index < -0.39 is 41.4 Å². The Morgan fingerprint density at radius 2 is 1.71 bits per heavy atom. The van der Waals surface area contributed by atoms with Crippen LogP contribution in [0.1, 0.15) is 56.6 Å². The number of aliphatic hydroxyl groups excluding tert-OH is 1. The molecule has 4 amide bonds. The molecule has 2 aromatic carbocycles. The third-order valence-electron chi connectivity index (χ3n) is 11.1. The van der Waals surface area contributed by atoms with Gasteiger partial charge in [-0.25, -0.2) is 9.80 Å². The van der Waals surface area contributed by atoms with Crippen LogP contribution in [0.25, 0.3) is 11.3 Å². The number of urea groups is 1. The number of hydrazine groups is 1. The van der Waals surface area contributed by atoms with Gasteiger partial charge in [0.2, 0.25) is 11.8 Å². The number of cyclic esters (lactones) is 1. The van der Waals surface area contributed by atoms with Crippen LogP contribution in [0.5, 0.6) is 0 Å². The van der Waals surface area contributed by atoms with E-state index in [1.165, 1.54) is 0 Å². The molecule has 0 bridgehead atoms. The molecule has 6 rings (SSSR count). The molecule has 0 aliphatic carbocycles. The van der Waals surface area contributed by atoms with Gasteiger partial charge in [-0.15, -0.1) is 0 Å². The molecule has 1 unspecified atom stereocenters. The van der Waals surface area contributed by atoms with Crippen LogP contribution in [0.4, 0.5) is 4.79 Å². The second-order valence-corrected chi connectivity index (χ2v) is 16.2. The minimum Gasteiger partial charge on any atom is -0.464 e. The molecule has 0 radical (unpaired) electrons. The molecule has 4 aromatic rings. The number of esters is 1. The highest BCUT2D eigenvalue weighted by Crippen LogP contribution is 2.34. The second-order valence-electron chi connectivity index (χ2n) is 16.2. The quantitative estimate of drug-likeness (QED) is 0.0768. The van der Waals surface area contributed by atoms with E-state index in [4.69, 9.17) is 4.74 Å². The lowest BCUT2D eigenvalue weighted by Gasteiger charge is -2.35. The van der Waals surface area contributed by atoms with E-state index in [9.17, 15) is 24.3 Å². The van der Waals surface area contributed by atoms with Crippen molar-refractivity contribution >= 4 is 23.8 Å². The highest BCUT2D eigenvalue weighted by atomic mass is 16.5. The number of amides is 4. The number of carbonyl (C=O) groups is 4. The first-order valence-electron chi connectivity index (χ1n) is 20.1. The molecule has 2 fully saturated rings. The van der Waals surface area contributed by atoms with Gasteiger partial charge in [-0.2, -0.15) is 0 Å². The Hall–Kier alpha value is -5.66. The van der Waals surface area contributed by atoms with E-state index >= 15 is 0 Å². The third kappa shape index (κ3) is 10.3. The molecule has 3 N–H and O–H groups in total. The zero-order valence-corrected chi connectivity index (χ0v) is 34.0. The molecular weight excluding hydrogens is 735 g/mol. The largest absolute Gasteiger partial charge is 0.464 e. The van der Waals surface area contributed by atoms with Gasteiger partial charge < -0.3 is 25.0 Å². The first kappa shape index (κ1) is 42.0. The predicted molar refractivity (Wildman–Crippen MR) is 219 cm³/mol.